The predicted molar refractivity (Wildman–Crippen MR) is 106 cm³/mol. The topological polar surface area (TPSA) is 59.4 Å². The standard InChI is InChI=1S/C23H15F2NO3/c1-13-21(15-8-6-14(7-9-15)17-4-2-3-5-19(17)25)26-20-11-10-16(24)12-18(20)22(13)29-23(27)28/h2-12H,1H3,(H,27,28). The van der Waals surface area contributed by atoms with Crippen molar-refractivity contribution in [2.45, 2.75) is 6.92 Å². The molecule has 0 amide bonds. The molecule has 0 aliphatic heterocycles. The summed E-state index contributed by atoms with van der Waals surface area (Å²) in [7, 11) is 0. The first kappa shape index (κ1) is 18.6. The van der Waals surface area contributed by atoms with Gasteiger partial charge in [-0.2, -0.15) is 0 Å². The fourth-order valence-electron chi connectivity index (χ4n) is 3.30. The lowest BCUT2D eigenvalue weighted by Gasteiger charge is -2.14. The molecule has 6 heteroatoms. The summed E-state index contributed by atoms with van der Waals surface area (Å²) in [6.07, 6.45) is -1.49. The third-order valence-electron chi connectivity index (χ3n) is 4.66. The number of ether oxygens (including phenoxy) is 1. The average Bonchev–Trinajstić information content (AvgIpc) is 2.70. The van der Waals surface area contributed by atoms with E-state index in [2.05, 4.69) is 4.98 Å². The summed E-state index contributed by atoms with van der Waals surface area (Å²) >= 11 is 0. The van der Waals surface area contributed by atoms with E-state index in [0.717, 1.165) is 0 Å². The van der Waals surface area contributed by atoms with E-state index in [9.17, 15) is 13.6 Å². The van der Waals surface area contributed by atoms with Crippen molar-refractivity contribution in [3.05, 3.63) is 83.9 Å². The second-order valence-electron chi connectivity index (χ2n) is 6.50. The van der Waals surface area contributed by atoms with Crippen LogP contribution in [0, 0.1) is 18.6 Å². The number of fused-ring (bicyclic) bond motifs is 1. The van der Waals surface area contributed by atoms with Crippen LogP contribution in [-0.2, 0) is 0 Å². The van der Waals surface area contributed by atoms with E-state index in [-0.39, 0.29) is 17.0 Å². The molecular weight excluding hydrogens is 376 g/mol. The Balaban J connectivity index is 1.85. The zero-order valence-electron chi connectivity index (χ0n) is 15.3. The molecule has 4 rings (SSSR count). The molecule has 144 valence electrons. The van der Waals surface area contributed by atoms with Gasteiger partial charge in [0, 0.05) is 22.1 Å². The van der Waals surface area contributed by atoms with Crippen LogP contribution in [0.5, 0.6) is 5.75 Å². The molecule has 1 N–H and O–H groups in total. The number of carbonyl (C=O) groups is 1. The van der Waals surface area contributed by atoms with Gasteiger partial charge in [0.25, 0.3) is 0 Å². The van der Waals surface area contributed by atoms with Crippen LogP contribution in [0.25, 0.3) is 33.3 Å². The maximum atomic E-state index is 14.0. The molecule has 1 heterocycles. The van der Waals surface area contributed by atoms with Crippen LogP contribution in [0.15, 0.2) is 66.7 Å². The predicted octanol–water partition coefficient (Wildman–Crippen LogP) is 6.21. The Morgan fingerprint density at radius 3 is 2.34 bits per heavy atom. The minimum absolute atomic E-state index is 0.0372. The maximum Gasteiger partial charge on any atom is 0.511 e. The zero-order chi connectivity index (χ0) is 20.5. The van der Waals surface area contributed by atoms with E-state index in [0.29, 0.717) is 33.5 Å². The highest BCUT2D eigenvalue weighted by Crippen LogP contribution is 2.36. The van der Waals surface area contributed by atoms with Crippen LogP contribution in [0.1, 0.15) is 5.56 Å². The van der Waals surface area contributed by atoms with Gasteiger partial charge in [-0.15, -0.1) is 0 Å². The van der Waals surface area contributed by atoms with Crippen molar-refractivity contribution in [3.63, 3.8) is 0 Å². The summed E-state index contributed by atoms with van der Waals surface area (Å²) in [4.78, 5) is 15.7. The smallest absolute Gasteiger partial charge is 0.449 e. The SMILES string of the molecule is Cc1c(-c2ccc(-c3ccccc3F)cc2)nc2ccc(F)cc2c1OC(=O)O. The van der Waals surface area contributed by atoms with Gasteiger partial charge in [0.15, 0.2) is 0 Å². The van der Waals surface area contributed by atoms with E-state index in [1.165, 1.54) is 24.3 Å². The summed E-state index contributed by atoms with van der Waals surface area (Å²) in [6, 6.07) is 17.5. The normalized spacial score (nSPS) is 10.9. The number of halogens is 2. The lowest BCUT2D eigenvalue weighted by Crippen LogP contribution is -2.06. The van der Waals surface area contributed by atoms with Gasteiger partial charge in [-0.25, -0.2) is 18.6 Å². The van der Waals surface area contributed by atoms with Crippen LogP contribution < -0.4 is 4.74 Å². The highest BCUT2D eigenvalue weighted by Gasteiger charge is 2.18. The largest absolute Gasteiger partial charge is 0.511 e. The Morgan fingerprint density at radius 1 is 0.966 bits per heavy atom. The molecule has 0 aliphatic carbocycles. The summed E-state index contributed by atoms with van der Waals surface area (Å²) in [5, 5.41) is 9.37. The number of hydrogen-bond donors (Lipinski definition) is 1. The minimum Gasteiger partial charge on any atom is -0.449 e. The molecule has 1 aromatic heterocycles. The second-order valence-corrected chi connectivity index (χ2v) is 6.50. The third-order valence-corrected chi connectivity index (χ3v) is 4.66. The van der Waals surface area contributed by atoms with E-state index in [1.54, 1.807) is 49.4 Å². The Hall–Kier alpha value is -3.80. The minimum atomic E-state index is -1.49. The third kappa shape index (κ3) is 3.52. The molecule has 0 spiro atoms. The molecule has 0 atom stereocenters. The lowest BCUT2D eigenvalue weighted by molar-refractivity contribution is 0.144. The summed E-state index contributed by atoms with van der Waals surface area (Å²) < 4.78 is 32.7. The van der Waals surface area contributed by atoms with Crippen molar-refractivity contribution in [1.82, 2.24) is 4.98 Å². The Bertz CT molecular complexity index is 1240. The zero-order valence-corrected chi connectivity index (χ0v) is 15.3. The van der Waals surface area contributed by atoms with E-state index in [1.807, 2.05) is 0 Å². The van der Waals surface area contributed by atoms with Gasteiger partial charge in [0.2, 0.25) is 0 Å². The van der Waals surface area contributed by atoms with Gasteiger partial charge in [-0.1, -0.05) is 42.5 Å². The molecule has 0 saturated heterocycles. The van der Waals surface area contributed by atoms with Crippen LogP contribution in [0.4, 0.5) is 13.6 Å². The van der Waals surface area contributed by atoms with Crippen LogP contribution >= 0.6 is 0 Å². The molecule has 0 fully saturated rings. The Kier molecular flexibility index (Phi) is 4.68. The van der Waals surface area contributed by atoms with Gasteiger partial charge in [0.05, 0.1) is 11.2 Å². The highest BCUT2D eigenvalue weighted by molar-refractivity contribution is 5.91. The number of nitrogens with zero attached hydrogens (tertiary/aromatic N) is 1. The van der Waals surface area contributed by atoms with Gasteiger partial charge in [0.1, 0.15) is 17.4 Å². The lowest BCUT2D eigenvalue weighted by atomic mass is 9.99. The summed E-state index contributed by atoms with van der Waals surface area (Å²) in [5.74, 6) is -0.800. The number of benzene rings is 3. The second kappa shape index (κ2) is 7.31. The Labute approximate surface area is 165 Å². The van der Waals surface area contributed by atoms with E-state index < -0.39 is 12.0 Å². The number of pyridine rings is 1. The van der Waals surface area contributed by atoms with Gasteiger partial charge in [-0.3, -0.25) is 0 Å². The first-order valence-electron chi connectivity index (χ1n) is 8.80. The quantitative estimate of drug-likeness (QED) is 0.422. The van der Waals surface area contributed by atoms with E-state index in [4.69, 9.17) is 9.84 Å². The molecule has 4 aromatic rings. The van der Waals surface area contributed by atoms with Gasteiger partial charge < -0.3 is 9.84 Å². The van der Waals surface area contributed by atoms with Crippen molar-refractivity contribution in [2.24, 2.45) is 0 Å². The summed E-state index contributed by atoms with van der Waals surface area (Å²) in [6.45, 7) is 1.66. The first-order chi connectivity index (χ1) is 13.9. The summed E-state index contributed by atoms with van der Waals surface area (Å²) in [5.41, 5.74) is 3.25. The van der Waals surface area contributed by atoms with Crippen molar-refractivity contribution in [2.75, 3.05) is 0 Å². The monoisotopic (exact) mass is 391 g/mol. The van der Waals surface area contributed by atoms with Crippen molar-refractivity contribution in [1.29, 1.82) is 0 Å². The van der Waals surface area contributed by atoms with Crippen LogP contribution in [0.2, 0.25) is 0 Å². The van der Waals surface area contributed by atoms with Gasteiger partial charge >= 0.3 is 6.16 Å². The average molecular weight is 391 g/mol. The Morgan fingerprint density at radius 2 is 1.66 bits per heavy atom. The van der Waals surface area contributed by atoms with E-state index >= 15 is 0 Å². The molecule has 0 radical (unpaired) electrons. The van der Waals surface area contributed by atoms with Crippen molar-refractivity contribution < 1.29 is 23.4 Å². The molecule has 29 heavy (non-hydrogen) atoms. The van der Waals surface area contributed by atoms with Gasteiger partial charge in [-0.05, 0) is 36.8 Å². The maximum absolute atomic E-state index is 14.0. The fraction of sp³-hybridized carbons (Fsp3) is 0.0435. The first-order valence-corrected chi connectivity index (χ1v) is 8.80. The molecule has 0 saturated carbocycles. The van der Waals surface area contributed by atoms with Crippen molar-refractivity contribution in [3.8, 4) is 28.1 Å². The molecule has 4 nitrogen and oxygen atoms in total. The van der Waals surface area contributed by atoms with Crippen LogP contribution in [-0.4, -0.2) is 16.2 Å². The molecular formula is C23H15F2NO3. The van der Waals surface area contributed by atoms with Crippen LogP contribution in [0.3, 0.4) is 0 Å². The number of aromatic nitrogens is 1. The number of carboxylic acid groups (broad SMARTS) is 1. The molecule has 3 aromatic carbocycles. The molecule has 0 bridgehead atoms. The number of rotatable bonds is 3. The number of hydrogen-bond acceptors (Lipinski definition) is 3. The fourth-order valence-corrected chi connectivity index (χ4v) is 3.30. The molecule has 0 aliphatic rings. The van der Waals surface area contributed by atoms with Crippen molar-refractivity contribution >= 4 is 17.1 Å². The molecule has 0 unspecified atom stereocenters. The highest BCUT2D eigenvalue weighted by atomic mass is 19.1.